The molecule has 0 bridgehead atoms. The summed E-state index contributed by atoms with van der Waals surface area (Å²) >= 11 is 0. The molecule has 14 heavy (non-hydrogen) atoms. The molecule has 0 aliphatic carbocycles. The minimum Gasteiger partial charge on any atom is -0.508 e. The summed E-state index contributed by atoms with van der Waals surface area (Å²) in [6, 6.07) is 8.71. The summed E-state index contributed by atoms with van der Waals surface area (Å²) < 4.78 is 0.972. The van der Waals surface area contributed by atoms with Crippen molar-refractivity contribution in [1.82, 2.24) is 9.71 Å². The molecule has 0 fully saturated rings. The van der Waals surface area contributed by atoms with Gasteiger partial charge in [-0.1, -0.05) is 18.2 Å². The third-order valence-corrected chi connectivity index (χ3v) is 1.56. The van der Waals surface area contributed by atoms with Crippen LogP contribution in [0.5, 0.6) is 5.75 Å². The van der Waals surface area contributed by atoms with Crippen molar-refractivity contribution in [2.24, 2.45) is 0 Å². The van der Waals surface area contributed by atoms with Crippen LogP contribution in [0.4, 0.5) is 0 Å². The van der Waals surface area contributed by atoms with Gasteiger partial charge in [-0.05, 0) is 19.1 Å². The van der Waals surface area contributed by atoms with Gasteiger partial charge in [-0.2, -0.15) is 4.73 Å². The zero-order chi connectivity index (χ0) is 10.4. The second-order valence-corrected chi connectivity index (χ2v) is 2.65. The summed E-state index contributed by atoms with van der Waals surface area (Å²) in [5, 5.41) is 17.2. The van der Waals surface area contributed by atoms with E-state index in [2.05, 4.69) is 4.98 Å². The van der Waals surface area contributed by atoms with E-state index in [0.29, 0.717) is 11.6 Å². The fourth-order valence-corrected chi connectivity index (χ4v) is 0.799. The molecule has 2 aromatic rings. The molecule has 2 N–H and O–H groups in total. The largest absolute Gasteiger partial charge is 0.508 e. The van der Waals surface area contributed by atoms with Crippen LogP contribution in [-0.4, -0.2) is 20.0 Å². The molecule has 74 valence electrons. The standard InChI is InChI=1S/C6H6O.C4H6N2O/c7-6-4-2-1-3-5-6;1-4-5-2-3-6(4)7/h1-5,7H;2-3,7H,1H3. The number of phenols is 1. The Labute approximate surface area is 82.0 Å². The minimum atomic E-state index is 0.322. The first-order valence-electron chi connectivity index (χ1n) is 4.13. The lowest BCUT2D eigenvalue weighted by molar-refractivity contribution is 0.179. The number of phenolic OH excluding ortho intramolecular Hbond substituents is 1. The van der Waals surface area contributed by atoms with Crippen LogP contribution >= 0.6 is 0 Å². The normalized spacial score (nSPS) is 8.93. The van der Waals surface area contributed by atoms with E-state index in [4.69, 9.17) is 10.3 Å². The van der Waals surface area contributed by atoms with Crippen LogP contribution in [0.3, 0.4) is 0 Å². The molecule has 0 aliphatic rings. The lowest BCUT2D eigenvalue weighted by Gasteiger charge is -1.86. The monoisotopic (exact) mass is 192 g/mol. The molecule has 1 aromatic carbocycles. The molecule has 0 amide bonds. The molecule has 4 nitrogen and oxygen atoms in total. The van der Waals surface area contributed by atoms with E-state index in [1.165, 1.54) is 12.4 Å². The van der Waals surface area contributed by atoms with Crippen LogP contribution in [0.1, 0.15) is 5.82 Å². The fraction of sp³-hybridized carbons (Fsp3) is 0.100. The Balaban J connectivity index is 0.000000140. The Morgan fingerprint density at radius 3 is 2.07 bits per heavy atom. The van der Waals surface area contributed by atoms with E-state index in [9.17, 15) is 0 Å². The number of aryl methyl sites for hydroxylation is 1. The molecule has 2 rings (SSSR count). The Morgan fingerprint density at radius 2 is 1.86 bits per heavy atom. The average Bonchev–Trinajstić information content (AvgIpc) is 2.53. The average molecular weight is 192 g/mol. The maximum atomic E-state index is 8.63. The number of imidazole rings is 1. The van der Waals surface area contributed by atoms with Gasteiger partial charge in [0.05, 0.1) is 6.20 Å². The minimum absolute atomic E-state index is 0.322. The summed E-state index contributed by atoms with van der Waals surface area (Å²) in [6.45, 7) is 1.72. The molecule has 4 heteroatoms. The van der Waals surface area contributed by atoms with Crippen LogP contribution in [0.15, 0.2) is 42.7 Å². The first kappa shape index (κ1) is 10.1. The Hall–Kier alpha value is -1.97. The number of nitrogens with zero attached hydrogens (tertiary/aromatic N) is 2. The SMILES string of the molecule is Cc1nccn1O.Oc1ccccc1. The number of hydrogen-bond acceptors (Lipinski definition) is 3. The molecular weight excluding hydrogens is 180 g/mol. The van der Waals surface area contributed by atoms with Crippen molar-refractivity contribution in [3.8, 4) is 5.75 Å². The second kappa shape index (κ2) is 4.91. The fourth-order valence-electron chi connectivity index (χ4n) is 0.799. The van der Waals surface area contributed by atoms with Gasteiger partial charge < -0.3 is 10.3 Å². The van der Waals surface area contributed by atoms with Crippen molar-refractivity contribution < 1.29 is 10.3 Å². The molecule has 0 radical (unpaired) electrons. The Bertz CT molecular complexity index is 354. The van der Waals surface area contributed by atoms with E-state index in [0.717, 1.165) is 4.73 Å². The van der Waals surface area contributed by atoms with Gasteiger partial charge in [0, 0.05) is 6.20 Å². The van der Waals surface area contributed by atoms with E-state index in [-0.39, 0.29) is 0 Å². The van der Waals surface area contributed by atoms with E-state index >= 15 is 0 Å². The highest BCUT2D eigenvalue weighted by Crippen LogP contribution is 2.02. The van der Waals surface area contributed by atoms with Crippen molar-refractivity contribution >= 4 is 0 Å². The van der Waals surface area contributed by atoms with Gasteiger partial charge in [-0.3, -0.25) is 0 Å². The number of aromatic hydroxyl groups is 1. The maximum Gasteiger partial charge on any atom is 0.141 e. The van der Waals surface area contributed by atoms with Crippen molar-refractivity contribution in [3.05, 3.63) is 48.5 Å². The van der Waals surface area contributed by atoms with Crippen LogP contribution in [-0.2, 0) is 0 Å². The van der Waals surface area contributed by atoms with Gasteiger partial charge in [0.25, 0.3) is 0 Å². The van der Waals surface area contributed by atoms with Crippen molar-refractivity contribution in [3.63, 3.8) is 0 Å². The maximum absolute atomic E-state index is 8.63. The van der Waals surface area contributed by atoms with Gasteiger partial charge in [0.2, 0.25) is 0 Å². The molecule has 0 spiro atoms. The molecule has 0 aliphatic heterocycles. The van der Waals surface area contributed by atoms with E-state index in [1.807, 2.05) is 6.07 Å². The molecule has 0 saturated heterocycles. The second-order valence-electron chi connectivity index (χ2n) is 2.65. The van der Waals surface area contributed by atoms with Gasteiger partial charge >= 0.3 is 0 Å². The Kier molecular flexibility index (Phi) is 3.55. The van der Waals surface area contributed by atoms with E-state index in [1.54, 1.807) is 31.2 Å². The molecule has 0 saturated carbocycles. The summed E-state index contributed by atoms with van der Waals surface area (Å²) in [7, 11) is 0. The predicted octanol–water partition coefficient (Wildman–Crippen LogP) is 1.82. The lowest BCUT2D eigenvalue weighted by atomic mass is 10.3. The van der Waals surface area contributed by atoms with Crippen LogP contribution < -0.4 is 0 Å². The molecule has 1 heterocycles. The number of para-hydroxylation sites is 1. The van der Waals surface area contributed by atoms with Crippen LogP contribution in [0.2, 0.25) is 0 Å². The first-order chi connectivity index (χ1) is 6.70. The smallest absolute Gasteiger partial charge is 0.141 e. The number of rotatable bonds is 0. The van der Waals surface area contributed by atoms with Crippen molar-refractivity contribution in [2.45, 2.75) is 6.92 Å². The van der Waals surface area contributed by atoms with Crippen molar-refractivity contribution in [2.75, 3.05) is 0 Å². The summed E-state index contributed by atoms with van der Waals surface area (Å²) in [4.78, 5) is 3.73. The highest BCUT2D eigenvalue weighted by Gasteiger charge is 1.86. The molecule has 0 atom stereocenters. The lowest BCUT2D eigenvalue weighted by Crippen LogP contribution is -1.89. The molecule has 1 aromatic heterocycles. The number of hydrogen-bond donors (Lipinski definition) is 2. The van der Waals surface area contributed by atoms with Crippen molar-refractivity contribution in [1.29, 1.82) is 0 Å². The first-order valence-corrected chi connectivity index (χ1v) is 4.13. The highest BCUT2D eigenvalue weighted by atomic mass is 16.5. The van der Waals surface area contributed by atoms with Gasteiger partial charge in [0.1, 0.15) is 11.6 Å². The van der Waals surface area contributed by atoms with E-state index < -0.39 is 0 Å². The number of benzene rings is 1. The summed E-state index contributed by atoms with van der Waals surface area (Å²) in [5.74, 6) is 0.933. The highest BCUT2D eigenvalue weighted by molar-refractivity contribution is 5.18. The third kappa shape index (κ3) is 3.18. The third-order valence-electron chi connectivity index (χ3n) is 1.56. The van der Waals surface area contributed by atoms with Crippen LogP contribution in [0.25, 0.3) is 0 Å². The summed E-state index contributed by atoms with van der Waals surface area (Å²) in [5.41, 5.74) is 0. The topological polar surface area (TPSA) is 58.3 Å². The van der Waals surface area contributed by atoms with Gasteiger partial charge in [-0.25, -0.2) is 4.98 Å². The van der Waals surface area contributed by atoms with Crippen LogP contribution in [0, 0.1) is 6.92 Å². The Morgan fingerprint density at radius 1 is 1.21 bits per heavy atom. The zero-order valence-electron chi connectivity index (χ0n) is 7.83. The summed E-state index contributed by atoms with van der Waals surface area (Å²) in [6.07, 6.45) is 3.02. The molecular formula is C10H12N2O2. The quantitative estimate of drug-likeness (QED) is 0.626. The van der Waals surface area contributed by atoms with Gasteiger partial charge in [-0.15, -0.1) is 0 Å². The zero-order valence-corrected chi connectivity index (χ0v) is 7.83. The number of aromatic nitrogens is 2. The molecule has 0 unspecified atom stereocenters. The predicted molar refractivity (Wildman–Crippen MR) is 52.3 cm³/mol. The van der Waals surface area contributed by atoms with Gasteiger partial charge in [0.15, 0.2) is 0 Å².